The third-order valence-electron chi connectivity index (χ3n) is 2.96. The van der Waals surface area contributed by atoms with Crippen LogP contribution in [0.1, 0.15) is 16.2 Å². The highest BCUT2D eigenvalue weighted by Crippen LogP contribution is 2.31. The lowest BCUT2D eigenvalue weighted by atomic mass is 10.1. The number of aromatic nitrogens is 1. The van der Waals surface area contributed by atoms with Gasteiger partial charge in [-0.05, 0) is 37.3 Å². The van der Waals surface area contributed by atoms with Crippen molar-refractivity contribution in [2.24, 2.45) is 0 Å². The molecule has 20 heavy (non-hydrogen) atoms. The van der Waals surface area contributed by atoms with Gasteiger partial charge in [-0.25, -0.2) is 9.37 Å². The Balaban J connectivity index is 2.32. The zero-order valence-electron chi connectivity index (χ0n) is 10.5. The molecule has 0 radical (unpaired) electrons. The van der Waals surface area contributed by atoms with E-state index in [1.807, 2.05) is 13.0 Å². The first-order valence-corrected chi connectivity index (χ1v) is 6.28. The molecule has 0 spiro atoms. The molecule has 0 N–H and O–H groups in total. The SMILES string of the molecule is Cc1cc2cc(C=O)nc(-c3ccc(F)c(Cl)c3)c2o1. The summed E-state index contributed by atoms with van der Waals surface area (Å²) in [5, 5.41) is 0.771. The predicted octanol–water partition coefficient (Wildman–Crippen LogP) is 4.41. The lowest BCUT2D eigenvalue weighted by Gasteiger charge is -2.04. The number of pyridine rings is 1. The lowest BCUT2D eigenvalue weighted by Crippen LogP contribution is -1.92. The molecule has 0 atom stereocenters. The van der Waals surface area contributed by atoms with Crippen molar-refractivity contribution in [2.45, 2.75) is 6.92 Å². The first-order valence-electron chi connectivity index (χ1n) is 5.90. The number of rotatable bonds is 2. The van der Waals surface area contributed by atoms with Crippen LogP contribution in [-0.4, -0.2) is 11.3 Å². The molecule has 5 heteroatoms. The highest BCUT2D eigenvalue weighted by Gasteiger charge is 2.13. The Morgan fingerprint density at radius 2 is 2.10 bits per heavy atom. The second-order valence-corrected chi connectivity index (χ2v) is 4.83. The second-order valence-electron chi connectivity index (χ2n) is 4.42. The number of hydrogen-bond acceptors (Lipinski definition) is 3. The highest BCUT2D eigenvalue weighted by atomic mass is 35.5. The molecule has 2 heterocycles. The van der Waals surface area contributed by atoms with Crippen LogP contribution in [0, 0.1) is 12.7 Å². The number of nitrogens with zero attached hydrogens (tertiary/aromatic N) is 1. The van der Waals surface area contributed by atoms with Crippen molar-refractivity contribution >= 4 is 28.9 Å². The summed E-state index contributed by atoms with van der Waals surface area (Å²) in [7, 11) is 0. The van der Waals surface area contributed by atoms with Crippen molar-refractivity contribution < 1.29 is 13.6 Å². The molecule has 0 aliphatic heterocycles. The summed E-state index contributed by atoms with van der Waals surface area (Å²) in [5.41, 5.74) is 1.91. The molecule has 0 saturated heterocycles. The molecule has 1 aromatic carbocycles. The van der Waals surface area contributed by atoms with Gasteiger partial charge in [-0.15, -0.1) is 0 Å². The molecule has 0 aliphatic carbocycles. The maximum Gasteiger partial charge on any atom is 0.168 e. The fourth-order valence-corrected chi connectivity index (χ4v) is 2.28. The average molecular weight is 290 g/mol. The molecule has 0 bridgehead atoms. The van der Waals surface area contributed by atoms with Gasteiger partial charge in [0.2, 0.25) is 0 Å². The van der Waals surface area contributed by atoms with Gasteiger partial charge in [0.05, 0.1) is 5.02 Å². The smallest absolute Gasteiger partial charge is 0.168 e. The summed E-state index contributed by atoms with van der Waals surface area (Å²) in [6, 6.07) is 7.74. The van der Waals surface area contributed by atoms with Gasteiger partial charge >= 0.3 is 0 Å². The Morgan fingerprint density at radius 1 is 1.30 bits per heavy atom. The van der Waals surface area contributed by atoms with Crippen LogP contribution in [0.25, 0.3) is 22.2 Å². The molecule has 3 aromatic rings. The van der Waals surface area contributed by atoms with Gasteiger partial charge in [-0.2, -0.15) is 0 Å². The molecular formula is C15H9ClFNO2. The van der Waals surface area contributed by atoms with Crippen LogP contribution in [0.3, 0.4) is 0 Å². The van der Waals surface area contributed by atoms with Crippen LogP contribution in [0.5, 0.6) is 0 Å². The summed E-state index contributed by atoms with van der Waals surface area (Å²) < 4.78 is 18.9. The summed E-state index contributed by atoms with van der Waals surface area (Å²) in [5.74, 6) is 0.202. The van der Waals surface area contributed by atoms with Crippen LogP contribution < -0.4 is 0 Å². The molecule has 3 nitrogen and oxygen atoms in total. The number of furan rings is 1. The van der Waals surface area contributed by atoms with E-state index in [1.54, 1.807) is 12.1 Å². The topological polar surface area (TPSA) is 43.1 Å². The third kappa shape index (κ3) is 2.08. The maximum absolute atomic E-state index is 13.2. The van der Waals surface area contributed by atoms with Crippen molar-refractivity contribution in [1.29, 1.82) is 0 Å². The number of halogens is 2. The molecule has 100 valence electrons. The first-order chi connectivity index (χ1) is 9.58. The quantitative estimate of drug-likeness (QED) is 0.656. The molecule has 0 amide bonds. The minimum absolute atomic E-state index is 0.00256. The van der Waals surface area contributed by atoms with E-state index in [0.717, 1.165) is 5.39 Å². The van der Waals surface area contributed by atoms with Crippen LogP contribution in [0.15, 0.2) is 34.7 Å². The number of carbonyl (C=O) groups excluding carboxylic acids is 1. The Kier molecular flexibility index (Phi) is 3.03. The van der Waals surface area contributed by atoms with Crippen LogP contribution in [0.4, 0.5) is 4.39 Å². The van der Waals surface area contributed by atoms with Gasteiger partial charge in [0.15, 0.2) is 11.9 Å². The van der Waals surface area contributed by atoms with E-state index in [2.05, 4.69) is 4.98 Å². The van der Waals surface area contributed by atoms with Gasteiger partial charge in [0.1, 0.15) is 23.0 Å². The van der Waals surface area contributed by atoms with Gasteiger partial charge < -0.3 is 4.42 Å². The number of carbonyl (C=O) groups is 1. The Labute approximate surface area is 119 Å². The third-order valence-corrected chi connectivity index (χ3v) is 3.25. The van der Waals surface area contributed by atoms with Crippen molar-refractivity contribution in [3.63, 3.8) is 0 Å². The fourth-order valence-electron chi connectivity index (χ4n) is 2.10. The number of aldehydes is 1. The number of aryl methyl sites for hydroxylation is 1. The zero-order valence-corrected chi connectivity index (χ0v) is 11.2. The maximum atomic E-state index is 13.2. The fraction of sp³-hybridized carbons (Fsp3) is 0.0667. The first kappa shape index (κ1) is 12.8. The van der Waals surface area contributed by atoms with Crippen molar-refractivity contribution in [1.82, 2.24) is 4.98 Å². The molecule has 0 saturated carbocycles. The van der Waals surface area contributed by atoms with E-state index in [4.69, 9.17) is 16.0 Å². The monoisotopic (exact) mass is 289 g/mol. The van der Waals surface area contributed by atoms with E-state index < -0.39 is 5.82 Å². The van der Waals surface area contributed by atoms with Crippen molar-refractivity contribution in [2.75, 3.05) is 0 Å². The van der Waals surface area contributed by atoms with Gasteiger partial charge in [-0.3, -0.25) is 4.79 Å². The van der Waals surface area contributed by atoms with Crippen LogP contribution in [0.2, 0.25) is 5.02 Å². The molecular weight excluding hydrogens is 281 g/mol. The van der Waals surface area contributed by atoms with Crippen molar-refractivity contribution in [3.8, 4) is 11.3 Å². The lowest BCUT2D eigenvalue weighted by molar-refractivity contribution is 0.111. The molecule has 0 fully saturated rings. The molecule has 0 aliphatic rings. The van der Waals surface area contributed by atoms with Gasteiger partial charge in [0, 0.05) is 10.9 Å². The summed E-state index contributed by atoms with van der Waals surface area (Å²) >= 11 is 5.79. The Bertz CT molecular complexity index is 826. The minimum atomic E-state index is -0.506. The second kappa shape index (κ2) is 4.72. The van der Waals surface area contributed by atoms with E-state index in [1.165, 1.54) is 12.1 Å². The largest absolute Gasteiger partial charge is 0.459 e. The standard InChI is InChI=1S/C15H9ClFNO2/c1-8-4-10-5-11(7-19)18-14(15(10)20-8)9-2-3-13(17)12(16)6-9/h2-7H,1H3. The number of hydrogen-bond donors (Lipinski definition) is 0. The summed E-state index contributed by atoms with van der Waals surface area (Å²) in [6.07, 6.45) is 0.663. The predicted molar refractivity (Wildman–Crippen MR) is 74.5 cm³/mol. The van der Waals surface area contributed by atoms with E-state index in [9.17, 15) is 9.18 Å². The number of fused-ring (bicyclic) bond motifs is 1. The van der Waals surface area contributed by atoms with E-state index >= 15 is 0 Å². The van der Waals surface area contributed by atoms with Gasteiger partial charge in [-0.1, -0.05) is 11.6 Å². The Morgan fingerprint density at radius 3 is 2.80 bits per heavy atom. The van der Waals surface area contributed by atoms with Gasteiger partial charge in [0.25, 0.3) is 0 Å². The summed E-state index contributed by atoms with van der Waals surface area (Å²) in [6.45, 7) is 1.81. The van der Waals surface area contributed by atoms with E-state index in [0.29, 0.717) is 28.9 Å². The minimum Gasteiger partial charge on any atom is -0.459 e. The normalized spacial score (nSPS) is 10.9. The molecule has 2 aromatic heterocycles. The number of benzene rings is 1. The van der Waals surface area contributed by atoms with Crippen LogP contribution >= 0.6 is 11.6 Å². The molecule has 3 rings (SSSR count). The molecule has 0 unspecified atom stereocenters. The zero-order chi connectivity index (χ0) is 14.3. The average Bonchev–Trinajstić information content (AvgIpc) is 2.80. The van der Waals surface area contributed by atoms with Crippen molar-refractivity contribution in [3.05, 3.63) is 52.6 Å². The summed E-state index contributed by atoms with van der Waals surface area (Å²) in [4.78, 5) is 15.2. The Hall–Kier alpha value is -2.20. The van der Waals surface area contributed by atoms with Crippen LogP contribution in [-0.2, 0) is 0 Å². The highest BCUT2D eigenvalue weighted by molar-refractivity contribution is 6.31. The van der Waals surface area contributed by atoms with E-state index in [-0.39, 0.29) is 10.7 Å².